The normalized spacial score (nSPS) is 12.0. The Morgan fingerprint density at radius 1 is 0.947 bits per heavy atom. The number of aryl methyl sites for hydroxylation is 1. The third-order valence-electron chi connectivity index (χ3n) is 6.02. The monoisotopic (exact) mass is 575 g/mol. The fourth-order valence-corrected chi connectivity index (χ4v) is 5.81. The van der Waals surface area contributed by atoms with Crippen molar-refractivity contribution in [1.29, 1.82) is 0 Å². The minimum atomic E-state index is -4.16. The molecule has 10 heteroatoms. The summed E-state index contributed by atoms with van der Waals surface area (Å²) in [5.74, 6) is -0.884. The molecule has 3 aromatic rings. The minimum Gasteiger partial charge on any atom is -0.355 e. The number of nitrogens with zero attached hydrogens (tertiary/aromatic N) is 2. The van der Waals surface area contributed by atoms with Crippen LogP contribution in [0.1, 0.15) is 31.4 Å². The van der Waals surface area contributed by atoms with Gasteiger partial charge >= 0.3 is 0 Å². The zero-order valence-electron chi connectivity index (χ0n) is 21.5. The zero-order valence-corrected chi connectivity index (χ0v) is 23.9. The van der Waals surface area contributed by atoms with E-state index in [9.17, 15) is 18.0 Å². The highest BCUT2D eigenvalue weighted by molar-refractivity contribution is 7.92. The van der Waals surface area contributed by atoms with Crippen LogP contribution in [-0.4, -0.2) is 44.3 Å². The molecular formula is C28H31Cl2N3O4S. The lowest BCUT2D eigenvalue weighted by Gasteiger charge is -2.33. The third kappa shape index (κ3) is 7.07. The summed E-state index contributed by atoms with van der Waals surface area (Å²) < 4.78 is 28.7. The van der Waals surface area contributed by atoms with Crippen molar-refractivity contribution >= 4 is 50.7 Å². The van der Waals surface area contributed by atoms with E-state index in [-0.39, 0.29) is 23.0 Å². The topological polar surface area (TPSA) is 86.8 Å². The van der Waals surface area contributed by atoms with Gasteiger partial charge in [0, 0.05) is 23.1 Å². The minimum absolute atomic E-state index is 0.0299. The molecule has 0 spiro atoms. The first-order valence-corrected chi connectivity index (χ1v) is 14.4. The van der Waals surface area contributed by atoms with Gasteiger partial charge in [-0.05, 0) is 62.2 Å². The maximum atomic E-state index is 13.9. The van der Waals surface area contributed by atoms with E-state index in [0.29, 0.717) is 28.6 Å². The summed E-state index contributed by atoms with van der Waals surface area (Å²) in [7, 11) is -4.16. The number of carbonyl (C=O) groups excluding carboxylic acids is 2. The van der Waals surface area contributed by atoms with Gasteiger partial charge in [0.15, 0.2) is 0 Å². The van der Waals surface area contributed by atoms with Crippen molar-refractivity contribution in [2.24, 2.45) is 0 Å². The van der Waals surface area contributed by atoms with E-state index >= 15 is 0 Å². The van der Waals surface area contributed by atoms with Crippen LogP contribution in [-0.2, 0) is 26.2 Å². The van der Waals surface area contributed by atoms with E-state index < -0.39 is 28.5 Å². The molecule has 0 aliphatic rings. The predicted molar refractivity (Wildman–Crippen MR) is 152 cm³/mol. The van der Waals surface area contributed by atoms with Crippen LogP contribution >= 0.6 is 23.2 Å². The van der Waals surface area contributed by atoms with Crippen molar-refractivity contribution in [3.05, 3.63) is 94.0 Å². The van der Waals surface area contributed by atoms with Crippen molar-refractivity contribution in [2.45, 2.75) is 44.7 Å². The smallest absolute Gasteiger partial charge is 0.264 e. The van der Waals surface area contributed by atoms with E-state index in [1.165, 1.54) is 23.1 Å². The van der Waals surface area contributed by atoms with E-state index in [2.05, 4.69) is 5.32 Å². The maximum absolute atomic E-state index is 13.9. The van der Waals surface area contributed by atoms with Crippen LogP contribution in [0.5, 0.6) is 0 Å². The molecule has 0 bridgehead atoms. The molecule has 1 atom stereocenters. The molecule has 2 amide bonds. The molecule has 1 N–H and O–H groups in total. The first kappa shape index (κ1) is 29.5. The first-order valence-electron chi connectivity index (χ1n) is 12.2. The Bertz CT molecular complexity index is 1380. The molecule has 3 aromatic carbocycles. The summed E-state index contributed by atoms with van der Waals surface area (Å²) >= 11 is 12.6. The molecule has 202 valence electrons. The molecule has 0 aromatic heterocycles. The largest absolute Gasteiger partial charge is 0.355 e. The fraction of sp³-hybridized carbons (Fsp3) is 0.286. The van der Waals surface area contributed by atoms with Gasteiger partial charge in [0.1, 0.15) is 12.6 Å². The average molecular weight is 577 g/mol. The van der Waals surface area contributed by atoms with Crippen LogP contribution < -0.4 is 9.62 Å². The molecular weight excluding hydrogens is 545 g/mol. The molecule has 7 nitrogen and oxygen atoms in total. The Balaban J connectivity index is 2.07. The van der Waals surface area contributed by atoms with Gasteiger partial charge in [-0.1, -0.05) is 72.1 Å². The highest BCUT2D eigenvalue weighted by Crippen LogP contribution is 2.27. The highest BCUT2D eigenvalue weighted by atomic mass is 35.5. The van der Waals surface area contributed by atoms with Gasteiger partial charge < -0.3 is 10.2 Å². The number of hydrogen-bond acceptors (Lipinski definition) is 4. The number of nitrogens with one attached hydrogen (secondary N) is 1. The van der Waals surface area contributed by atoms with Gasteiger partial charge in [0.25, 0.3) is 10.0 Å². The number of amides is 2. The average Bonchev–Trinajstić information content (AvgIpc) is 2.88. The number of sulfonamides is 1. The highest BCUT2D eigenvalue weighted by Gasteiger charge is 2.33. The Morgan fingerprint density at radius 3 is 2.24 bits per heavy atom. The Kier molecular flexibility index (Phi) is 10.2. The van der Waals surface area contributed by atoms with E-state index in [0.717, 1.165) is 9.87 Å². The van der Waals surface area contributed by atoms with Crippen molar-refractivity contribution < 1.29 is 18.0 Å². The van der Waals surface area contributed by atoms with Crippen molar-refractivity contribution in [1.82, 2.24) is 10.2 Å². The molecule has 3 rings (SSSR count). The summed E-state index contributed by atoms with van der Waals surface area (Å²) in [6.45, 7) is 5.32. The third-order valence-corrected chi connectivity index (χ3v) is 8.41. The van der Waals surface area contributed by atoms with Gasteiger partial charge in [-0.2, -0.15) is 0 Å². The van der Waals surface area contributed by atoms with Crippen LogP contribution in [0.25, 0.3) is 0 Å². The summed E-state index contributed by atoms with van der Waals surface area (Å²) in [5.41, 5.74) is 1.77. The SMILES string of the molecule is CCNC(=O)[C@@H](CC)N(Cc1ccccc1Cl)C(=O)CN(c1cccc(Cl)c1)S(=O)(=O)c1ccc(C)cc1. The molecule has 0 aliphatic carbocycles. The summed E-state index contributed by atoms with van der Waals surface area (Å²) in [5, 5.41) is 3.53. The quantitative estimate of drug-likeness (QED) is 0.330. The molecule has 0 saturated heterocycles. The molecule has 0 saturated carbocycles. The summed E-state index contributed by atoms with van der Waals surface area (Å²) in [6, 6.07) is 18.9. The van der Waals surface area contributed by atoms with Gasteiger partial charge in [0.2, 0.25) is 11.8 Å². The fourth-order valence-electron chi connectivity index (χ4n) is 4.02. The number of rotatable bonds is 11. The van der Waals surface area contributed by atoms with Crippen LogP contribution in [0.2, 0.25) is 10.0 Å². The molecule has 38 heavy (non-hydrogen) atoms. The molecule has 0 unspecified atom stereocenters. The van der Waals surface area contributed by atoms with Gasteiger partial charge in [0.05, 0.1) is 10.6 Å². The second kappa shape index (κ2) is 13.1. The molecule has 0 fully saturated rings. The van der Waals surface area contributed by atoms with Crippen molar-refractivity contribution in [3.8, 4) is 0 Å². The van der Waals surface area contributed by atoms with E-state index in [1.54, 1.807) is 68.4 Å². The lowest BCUT2D eigenvalue weighted by atomic mass is 10.1. The number of hydrogen-bond donors (Lipinski definition) is 1. The Labute approximate surface area is 234 Å². The zero-order chi connectivity index (χ0) is 27.9. The number of benzene rings is 3. The molecule has 0 aliphatic heterocycles. The number of likely N-dealkylation sites (N-methyl/N-ethyl adjacent to an activating group) is 1. The van der Waals surface area contributed by atoms with E-state index in [1.807, 2.05) is 6.92 Å². The lowest BCUT2D eigenvalue weighted by molar-refractivity contribution is -0.140. The van der Waals surface area contributed by atoms with Crippen molar-refractivity contribution in [3.63, 3.8) is 0 Å². The van der Waals surface area contributed by atoms with Gasteiger partial charge in [-0.25, -0.2) is 8.42 Å². The van der Waals surface area contributed by atoms with Gasteiger partial charge in [-0.15, -0.1) is 0 Å². The second-order valence-electron chi connectivity index (χ2n) is 8.74. The Hall–Kier alpha value is -3.07. The van der Waals surface area contributed by atoms with Crippen LogP contribution in [0, 0.1) is 6.92 Å². The van der Waals surface area contributed by atoms with Crippen LogP contribution in [0.4, 0.5) is 5.69 Å². The lowest BCUT2D eigenvalue weighted by Crippen LogP contribution is -2.52. The number of halogens is 2. The summed E-state index contributed by atoms with van der Waals surface area (Å²) in [4.78, 5) is 28.3. The Morgan fingerprint density at radius 2 is 1.63 bits per heavy atom. The van der Waals surface area contributed by atoms with Gasteiger partial charge in [-0.3, -0.25) is 13.9 Å². The first-order chi connectivity index (χ1) is 18.1. The summed E-state index contributed by atoms with van der Waals surface area (Å²) in [6.07, 6.45) is 0.323. The van der Waals surface area contributed by atoms with E-state index in [4.69, 9.17) is 23.2 Å². The number of anilines is 1. The molecule has 0 heterocycles. The number of carbonyl (C=O) groups is 2. The predicted octanol–water partition coefficient (Wildman–Crippen LogP) is 5.44. The van der Waals surface area contributed by atoms with Crippen LogP contribution in [0.15, 0.2) is 77.7 Å². The second-order valence-corrected chi connectivity index (χ2v) is 11.4. The maximum Gasteiger partial charge on any atom is 0.264 e. The van der Waals surface area contributed by atoms with Crippen molar-refractivity contribution in [2.75, 3.05) is 17.4 Å². The standard InChI is InChI=1S/C28H31Cl2N3O4S/c1-4-26(28(35)31-5-2)32(18-21-9-6-7-12-25(21)30)27(34)19-33(23-11-8-10-22(29)17-23)38(36,37)24-15-13-20(3)14-16-24/h6-17,26H,4-5,18-19H2,1-3H3,(H,31,35)/t26-/m1/s1. The molecule has 0 radical (unpaired) electrons. The van der Waals surface area contributed by atoms with Crippen LogP contribution in [0.3, 0.4) is 0 Å².